The summed E-state index contributed by atoms with van der Waals surface area (Å²) in [5, 5.41) is 1.13. The molecule has 2 rings (SSSR count). The Morgan fingerprint density at radius 3 is 2.59 bits per heavy atom. The Kier molecular flexibility index (Phi) is 5.50. The van der Waals surface area contributed by atoms with Crippen molar-refractivity contribution in [2.24, 2.45) is 0 Å². The van der Waals surface area contributed by atoms with E-state index in [9.17, 15) is 8.42 Å². The molecular weight excluding hydrogens is 298 g/mol. The first-order chi connectivity index (χ1) is 10.4. The second-order valence-electron chi connectivity index (χ2n) is 5.73. The molecule has 1 aromatic carbocycles. The average Bonchev–Trinajstić information content (AvgIpc) is 2.46. The molecule has 2 aromatic rings. The average molecular weight is 321 g/mol. The summed E-state index contributed by atoms with van der Waals surface area (Å²) in [5.41, 5.74) is 2.13. The molecule has 0 aliphatic heterocycles. The third kappa shape index (κ3) is 4.50. The third-order valence-corrected chi connectivity index (χ3v) is 5.52. The van der Waals surface area contributed by atoms with Gasteiger partial charge in [0.1, 0.15) is 0 Å². The number of para-hydroxylation sites is 1. The van der Waals surface area contributed by atoms with Crippen LogP contribution in [-0.4, -0.2) is 56.0 Å². The number of fused-ring (bicyclic) bond motifs is 1. The predicted molar refractivity (Wildman–Crippen MR) is 90.2 cm³/mol. The smallest absolute Gasteiger partial charge is 0.213 e. The van der Waals surface area contributed by atoms with Crippen molar-refractivity contribution >= 4 is 20.9 Å². The van der Waals surface area contributed by atoms with Crippen molar-refractivity contribution < 1.29 is 8.42 Å². The van der Waals surface area contributed by atoms with E-state index in [2.05, 4.69) is 22.0 Å². The Morgan fingerprint density at radius 2 is 1.86 bits per heavy atom. The lowest BCUT2D eigenvalue weighted by Gasteiger charge is -2.17. The van der Waals surface area contributed by atoms with Crippen molar-refractivity contribution in [3.63, 3.8) is 0 Å². The lowest BCUT2D eigenvalue weighted by atomic mass is 10.1. The van der Waals surface area contributed by atoms with Crippen LogP contribution in [-0.2, 0) is 16.6 Å². The van der Waals surface area contributed by atoms with Crippen LogP contribution in [0.25, 0.3) is 10.9 Å². The van der Waals surface area contributed by atoms with Crippen molar-refractivity contribution in [3.05, 3.63) is 42.1 Å². The van der Waals surface area contributed by atoms with E-state index < -0.39 is 10.0 Å². The first kappa shape index (κ1) is 16.9. The molecule has 120 valence electrons. The summed E-state index contributed by atoms with van der Waals surface area (Å²) in [5.74, 6) is 0.181. The van der Waals surface area contributed by atoms with Crippen molar-refractivity contribution in [1.29, 1.82) is 0 Å². The topological polar surface area (TPSA) is 53.5 Å². The van der Waals surface area contributed by atoms with Gasteiger partial charge in [0, 0.05) is 32.2 Å². The number of rotatable bonds is 7. The zero-order valence-corrected chi connectivity index (χ0v) is 14.2. The Bertz CT molecular complexity index is 729. The van der Waals surface area contributed by atoms with Crippen LogP contribution in [0.4, 0.5) is 0 Å². The molecule has 0 atom stereocenters. The summed E-state index contributed by atoms with van der Waals surface area (Å²) in [6.07, 6.45) is 2.51. The van der Waals surface area contributed by atoms with Gasteiger partial charge in [-0.1, -0.05) is 18.2 Å². The monoisotopic (exact) mass is 321 g/mol. The minimum Gasteiger partial charge on any atom is -0.302 e. The highest BCUT2D eigenvalue weighted by Gasteiger charge is 2.13. The summed E-state index contributed by atoms with van der Waals surface area (Å²) >= 11 is 0. The van der Waals surface area contributed by atoms with Crippen molar-refractivity contribution in [2.75, 3.05) is 33.4 Å². The summed E-state index contributed by atoms with van der Waals surface area (Å²) in [7, 11) is 2.03. The van der Waals surface area contributed by atoms with Crippen LogP contribution in [0.15, 0.2) is 36.5 Å². The molecule has 0 saturated heterocycles. The maximum absolute atomic E-state index is 11.7. The SMILES string of the molecule is CN(CCCS(=O)(=O)N(C)C)Cc1cnc2ccccc2c1. The maximum atomic E-state index is 11.7. The molecule has 0 unspecified atom stereocenters. The van der Waals surface area contributed by atoms with Crippen LogP contribution >= 0.6 is 0 Å². The predicted octanol–water partition coefficient (Wildman–Crippen LogP) is 1.95. The Morgan fingerprint density at radius 1 is 1.14 bits per heavy atom. The Balaban J connectivity index is 1.89. The fourth-order valence-electron chi connectivity index (χ4n) is 2.29. The Labute approximate surface area is 132 Å². The van der Waals surface area contributed by atoms with Crippen LogP contribution < -0.4 is 0 Å². The molecule has 0 aliphatic rings. The molecule has 0 saturated carbocycles. The van der Waals surface area contributed by atoms with Gasteiger partial charge < -0.3 is 4.90 Å². The molecule has 1 heterocycles. The zero-order valence-electron chi connectivity index (χ0n) is 13.4. The molecule has 0 bridgehead atoms. The quantitative estimate of drug-likeness (QED) is 0.782. The molecule has 0 aliphatic carbocycles. The van der Waals surface area contributed by atoms with E-state index in [4.69, 9.17) is 0 Å². The molecule has 0 fully saturated rings. The van der Waals surface area contributed by atoms with Gasteiger partial charge in [0.05, 0.1) is 11.3 Å². The van der Waals surface area contributed by atoms with E-state index >= 15 is 0 Å². The summed E-state index contributed by atoms with van der Waals surface area (Å²) in [6.45, 7) is 1.50. The molecule has 22 heavy (non-hydrogen) atoms. The first-order valence-electron chi connectivity index (χ1n) is 7.31. The van der Waals surface area contributed by atoms with Gasteiger partial charge >= 0.3 is 0 Å². The molecular formula is C16H23N3O2S. The van der Waals surface area contributed by atoms with Crippen molar-refractivity contribution in [1.82, 2.24) is 14.2 Å². The van der Waals surface area contributed by atoms with E-state index in [1.807, 2.05) is 31.4 Å². The molecule has 1 aromatic heterocycles. The minimum absolute atomic E-state index is 0.181. The fraction of sp³-hybridized carbons (Fsp3) is 0.438. The highest BCUT2D eigenvalue weighted by Crippen LogP contribution is 2.13. The van der Waals surface area contributed by atoms with Gasteiger partial charge in [0.2, 0.25) is 10.0 Å². The van der Waals surface area contributed by atoms with E-state index in [-0.39, 0.29) is 5.75 Å². The van der Waals surface area contributed by atoms with Crippen LogP contribution in [0.1, 0.15) is 12.0 Å². The summed E-state index contributed by atoms with van der Waals surface area (Å²) < 4.78 is 24.7. The zero-order chi connectivity index (χ0) is 16.2. The second-order valence-corrected chi connectivity index (χ2v) is 8.03. The molecule has 5 nitrogen and oxygen atoms in total. The molecule has 0 N–H and O–H groups in total. The van der Waals surface area contributed by atoms with Crippen LogP contribution in [0, 0.1) is 0 Å². The lowest BCUT2D eigenvalue weighted by molar-refractivity contribution is 0.327. The van der Waals surface area contributed by atoms with Crippen molar-refractivity contribution in [3.8, 4) is 0 Å². The van der Waals surface area contributed by atoms with E-state index in [0.717, 1.165) is 29.6 Å². The summed E-state index contributed by atoms with van der Waals surface area (Å²) in [6, 6.07) is 10.2. The highest BCUT2D eigenvalue weighted by molar-refractivity contribution is 7.89. The van der Waals surface area contributed by atoms with Gasteiger partial charge in [-0.25, -0.2) is 12.7 Å². The molecule has 0 spiro atoms. The number of sulfonamides is 1. The first-order valence-corrected chi connectivity index (χ1v) is 8.92. The highest BCUT2D eigenvalue weighted by atomic mass is 32.2. The van der Waals surface area contributed by atoms with Gasteiger partial charge in [0.15, 0.2) is 0 Å². The van der Waals surface area contributed by atoms with Crippen molar-refractivity contribution in [2.45, 2.75) is 13.0 Å². The number of benzene rings is 1. The molecule has 0 amide bonds. The third-order valence-electron chi connectivity index (χ3n) is 3.60. The van der Waals surface area contributed by atoms with Crippen LogP contribution in [0.3, 0.4) is 0 Å². The van der Waals surface area contributed by atoms with Gasteiger partial charge in [-0.3, -0.25) is 4.98 Å². The number of nitrogens with zero attached hydrogens (tertiary/aromatic N) is 3. The number of aromatic nitrogens is 1. The largest absolute Gasteiger partial charge is 0.302 e. The van der Waals surface area contributed by atoms with Gasteiger partial charge in [0.25, 0.3) is 0 Å². The molecule has 6 heteroatoms. The lowest BCUT2D eigenvalue weighted by Crippen LogP contribution is -2.28. The van der Waals surface area contributed by atoms with Gasteiger partial charge in [-0.2, -0.15) is 0 Å². The number of pyridine rings is 1. The maximum Gasteiger partial charge on any atom is 0.213 e. The summed E-state index contributed by atoms with van der Waals surface area (Å²) in [4.78, 5) is 6.57. The van der Waals surface area contributed by atoms with Crippen LogP contribution in [0.5, 0.6) is 0 Å². The van der Waals surface area contributed by atoms with E-state index in [1.165, 1.54) is 4.31 Å². The standard InChI is InChI=1S/C16H23N3O2S/c1-18(2)22(20,21)10-6-9-19(3)13-14-11-15-7-4-5-8-16(15)17-12-14/h4-5,7-8,11-12H,6,9-10,13H2,1-3H3. The minimum atomic E-state index is -3.10. The number of hydrogen-bond acceptors (Lipinski definition) is 4. The van der Waals surface area contributed by atoms with Gasteiger partial charge in [-0.05, 0) is 37.7 Å². The van der Waals surface area contributed by atoms with Crippen LogP contribution in [0.2, 0.25) is 0 Å². The fourth-order valence-corrected chi connectivity index (χ4v) is 3.15. The van der Waals surface area contributed by atoms with Gasteiger partial charge in [-0.15, -0.1) is 0 Å². The van der Waals surface area contributed by atoms with E-state index in [1.54, 1.807) is 14.1 Å². The van der Waals surface area contributed by atoms with E-state index in [0.29, 0.717) is 6.42 Å². The number of hydrogen-bond donors (Lipinski definition) is 0. The second kappa shape index (κ2) is 7.17. The Hall–Kier alpha value is -1.50. The molecule has 0 radical (unpaired) electrons. The normalized spacial score (nSPS) is 12.4.